The Balaban J connectivity index is 1.65. The Morgan fingerprint density at radius 1 is 1.11 bits per heavy atom. The summed E-state index contributed by atoms with van der Waals surface area (Å²) in [4.78, 5) is 12.6. The first-order valence-electron chi connectivity index (χ1n) is 8.79. The molecule has 136 valence electrons. The zero-order chi connectivity index (χ0) is 19.1. The van der Waals surface area contributed by atoms with E-state index in [0.717, 1.165) is 17.0 Å². The topological polar surface area (TPSA) is 64.3 Å². The van der Waals surface area contributed by atoms with Crippen molar-refractivity contribution in [3.05, 3.63) is 81.9 Å². The van der Waals surface area contributed by atoms with E-state index in [1.165, 1.54) is 23.3 Å². The van der Waals surface area contributed by atoms with Crippen molar-refractivity contribution in [1.82, 2.24) is 9.78 Å². The maximum atomic E-state index is 12.6. The largest absolute Gasteiger partial charge is 0.508 e. The van der Waals surface area contributed by atoms with Crippen LogP contribution in [-0.4, -0.2) is 20.7 Å². The summed E-state index contributed by atoms with van der Waals surface area (Å²) in [5, 5.41) is 14.2. The standard InChI is InChI=1S/C22H20N2O3/c1-13-4-6-16(7-5-13)12-24-15(3)19(14(2)23-24)11-21-22(26)18-9-8-17(25)10-20(18)27-21/h4-11,25H,12H2,1-3H3. The van der Waals surface area contributed by atoms with Crippen molar-refractivity contribution in [3.8, 4) is 11.5 Å². The van der Waals surface area contributed by atoms with Gasteiger partial charge in [-0.1, -0.05) is 29.8 Å². The first-order chi connectivity index (χ1) is 12.9. The molecule has 1 aliphatic rings. The normalized spacial score (nSPS) is 14.5. The number of benzene rings is 2. The Morgan fingerprint density at radius 3 is 2.59 bits per heavy atom. The first-order valence-corrected chi connectivity index (χ1v) is 8.79. The van der Waals surface area contributed by atoms with Crippen molar-refractivity contribution in [2.75, 3.05) is 0 Å². The molecule has 2 aromatic carbocycles. The quantitative estimate of drug-likeness (QED) is 0.712. The summed E-state index contributed by atoms with van der Waals surface area (Å²) in [5.74, 6) is 0.515. The molecule has 27 heavy (non-hydrogen) atoms. The molecule has 0 saturated carbocycles. The molecule has 1 aromatic heterocycles. The number of phenols is 1. The monoisotopic (exact) mass is 360 g/mol. The van der Waals surface area contributed by atoms with E-state index >= 15 is 0 Å². The molecule has 0 radical (unpaired) electrons. The van der Waals surface area contributed by atoms with Crippen LogP contribution in [0.3, 0.4) is 0 Å². The van der Waals surface area contributed by atoms with Gasteiger partial charge in [0.2, 0.25) is 5.78 Å². The number of ketones is 1. The second-order valence-electron chi connectivity index (χ2n) is 6.85. The lowest BCUT2D eigenvalue weighted by Gasteiger charge is -2.05. The number of fused-ring (bicyclic) bond motifs is 1. The van der Waals surface area contributed by atoms with Crippen molar-refractivity contribution < 1.29 is 14.6 Å². The maximum Gasteiger partial charge on any atom is 0.231 e. The van der Waals surface area contributed by atoms with Gasteiger partial charge in [-0.3, -0.25) is 9.48 Å². The summed E-state index contributed by atoms with van der Waals surface area (Å²) in [5.41, 5.74) is 5.53. The van der Waals surface area contributed by atoms with Crippen molar-refractivity contribution in [3.63, 3.8) is 0 Å². The number of ether oxygens (including phenoxy) is 1. The average Bonchev–Trinajstić information content (AvgIpc) is 3.08. The molecule has 0 fully saturated rings. The van der Waals surface area contributed by atoms with Crippen LogP contribution in [0.4, 0.5) is 0 Å². The third-order valence-electron chi connectivity index (χ3n) is 4.82. The Hall–Kier alpha value is -3.34. The number of hydrogen-bond acceptors (Lipinski definition) is 4. The molecule has 0 unspecified atom stereocenters. The number of allylic oxidation sites excluding steroid dienone is 1. The highest BCUT2D eigenvalue weighted by Crippen LogP contribution is 2.35. The summed E-state index contributed by atoms with van der Waals surface area (Å²) in [6.07, 6.45) is 1.74. The van der Waals surface area contributed by atoms with E-state index in [-0.39, 0.29) is 17.3 Å². The molecule has 1 N–H and O–H groups in total. The smallest absolute Gasteiger partial charge is 0.231 e. The second kappa shape index (κ2) is 6.43. The summed E-state index contributed by atoms with van der Waals surface area (Å²) in [7, 11) is 0. The van der Waals surface area contributed by atoms with Crippen LogP contribution in [0.25, 0.3) is 6.08 Å². The molecular formula is C22H20N2O3. The fourth-order valence-electron chi connectivity index (χ4n) is 3.25. The second-order valence-corrected chi connectivity index (χ2v) is 6.85. The highest BCUT2D eigenvalue weighted by atomic mass is 16.5. The van der Waals surface area contributed by atoms with Gasteiger partial charge in [0.05, 0.1) is 17.8 Å². The van der Waals surface area contributed by atoms with Gasteiger partial charge >= 0.3 is 0 Å². The van der Waals surface area contributed by atoms with Crippen LogP contribution < -0.4 is 4.74 Å². The minimum Gasteiger partial charge on any atom is -0.508 e. The minimum atomic E-state index is -0.185. The molecule has 0 atom stereocenters. The summed E-state index contributed by atoms with van der Waals surface area (Å²) >= 11 is 0. The van der Waals surface area contributed by atoms with Gasteiger partial charge in [0.15, 0.2) is 5.76 Å². The Bertz CT molecular complexity index is 1080. The number of phenolic OH excluding ortho intramolecular Hbond substituents is 1. The first kappa shape index (κ1) is 17.1. The maximum absolute atomic E-state index is 12.6. The fourth-order valence-corrected chi connectivity index (χ4v) is 3.25. The van der Waals surface area contributed by atoms with Crippen LogP contribution in [0, 0.1) is 20.8 Å². The van der Waals surface area contributed by atoms with Gasteiger partial charge in [0.25, 0.3) is 0 Å². The molecule has 1 aliphatic heterocycles. The van der Waals surface area contributed by atoms with Crippen molar-refractivity contribution >= 4 is 11.9 Å². The Labute approximate surface area is 157 Å². The Kier molecular flexibility index (Phi) is 4.07. The number of carbonyl (C=O) groups is 1. The van der Waals surface area contributed by atoms with Gasteiger partial charge in [0, 0.05) is 17.3 Å². The van der Waals surface area contributed by atoms with E-state index in [9.17, 15) is 9.90 Å². The van der Waals surface area contributed by atoms with Crippen LogP contribution in [0.1, 0.15) is 38.4 Å². The van der Waals surface area contributed by atoms with Crippen molar-refractivity contribution in [2.24, 2.45) is 0 Å². The predicted molar refractivity (Wildman–Crippen MR) is 103 cm³/mol. The number of hydrogen-bond donors (Lipinski definition) is 1. The Morgan fingerprint density at radius 2 is 1.85 bits per heavy atom. The molecule has 0 amide bonds. The molecule has 2 heterocycles. The highest BCUT2D eigenvalue weighted by molar-refractivity contribution is 6.14. The van der Waals surface area contributed by atoms with Crippen LogP contribution in [0.5, 0.6) is 11.5 Å². The third kappa shape index (κ3) is 3.12. The van der Waals surface area contributed by atoms with Gasteiger partial charge in [-0.15, -0.1) is 0 Å². The minimum absolute atomic E-state index is 0.0704. The van der Waals surface area contributed by atoms with Crippen LogP contribution in [-0.2, 0) is 6.54 Å². The molecule has 0 saturated heterocycles. The fraction of sp³-hybridized carbons (Fsp3) is 0.182. The summed E-state index contributed by atoms with van der Waals surface area (Å²) < 4.78 is 7.60. The molecule has 0 bridgehead atoms. The van der Waals surface area contributed by atoms with E-state index in [1.807, 2.05) is 18.5 Å². The number of aromatic nitrogens is 2. The molecular weight excluding hydrogens is 340 g/mol. The van der Waals surface area contributed by atoms with Gasteiger partial charge in [-0.05, 0) is 44.5 Å². The van der Waals surface area contributed by atoms with Gasteiger partial charge in [0.1, 0.15) is 11.5 Å². The highest BCUT2D eigenvalue weighted by Gasteiger charge is 2.28. The lowest BCUT2D eigenvalue weighted by molar-refractivity contribution is 0.101. The van der Waals surface area contributed by atoms with Gasteiger partial charge in [-0.2, -0.15) is 5.10 Å². The molecule has 4 rings (SSSR count). The number of carbonyl (C=O) groups excluding carboxylic acids is 1. The summed E-state index contributed by atoms with van der Waals surface area (Å²) in [6, 6.07) is 12.9. The lowest BCUT2D eigenvalue weighted by atomic mass is 10.1. The third-order valence-corrected chi connectivity index (χ3v) is 4.82. The van der Waals surface area contributed by atoms with Gasteiger partial charge < -0.3 is 9.84 Å². The predicted octanol–water partition coefficient (Wildman–Crippen LogP) is 4.18. The molecule has 0 aliphatic carbocycles. The van der Waals surface area contributed by atoms with Gasteiger partial charge in [-0.25, -0.2) is 0 Å². The number of Topliss-reactive ketones (excluding diaryl/α,β-unsaturated/α-hetero) is 1. The molecule has 5 nitrogen and oxygen atoms in total. The van der Waals surface area contributed by atoms with Crippen LogP contribution in [0.2, 0.25) is 0 Å². The van der Waals surface area contributed by atoms with E-state index in [4.69, 9.17) is 4.74 Å². The van der Waals surface area contributed by atoms with E-state index in [2.05, 4.69) is 36.3 Å². The van der Waals surface area contributed by atoms with E-state index in [1.54, 1.807) is 12.1 Å². The zero-order valence-corrected chi connectivity index (χ0v) is 15.5. The van der Waals surface area contributed by atoms with E-state index in [0.29, 0.717) is 17.9 Å². The zero-order valence-electron chi connectivity index (χ0n) is 15.5. The average molecular weight is 360 g/mol. The number of nitrogens with zero attached hydrogens (tertiary/aromatic N) is 2. The number of aromatic hydroxyl groups is 1. The SMILES string of the molecule is Cc1ccc(Cn2nc(C)c(C=C3Oc4cc(O)ccc4C3=O)c2C)cc1. The molecule has 5 heteroatoms. The summed E-state index contributed by atoms with van der Waals surface area (Å²) in [6.45, 7) is 6.63. The number of rotatable bonds is 3. The molecule has 0 spiro atoms. The van der Waals surface area contributed by atoms with Crippen LogP contribution >= 0.6 is 0 Å². The van der Waals surface area contributed by atoms with Crippen molar-refractivity contribution in [2.45, 2.75) is 27.3 Å². The van der Waals surface area contributed by atoms with E-state index < -0.39 is 0 Å². The number of aryl methyl sites for hydroxylation is 2. The van der Waals surface area contributed by atoms with Crippen LogP contribution in [0.15, 0.2) is 48.2 Å². The lowest BCUT2D eigenvalue weighted by Crippen LogP contribution is -2.04. The van der Waals surface area contributed by atoms with Crippen molar-refractivity contribution in [1.29, 1.82) is 0 Å². The molecule has 3 aromatic rings.